The highest BCUT2D eigenvalue weighted by atomic mass is 35.5. The van der Waals surface area contributed by atoms with E-state index < -0.39 is 12.1 Å². The summed E-state index contributed by atoms with van der Waals surface area (Å²) >= 11 is 4.74. The highest BCUT2D eigenvalue weighted by molar-refractivity contribution is 6.26. The summed E-state index contributed by atoms with van der Waals surface area (Å²) in [5.41, 5.74) is 4.96. The largest absolute Gasteiger partial charge is 0.480 e. The second-order valence-electron chi connectivity index (χ2n) is 2.49. The third kappa shape index (κ3) is 6.64. The number of morpholine rings is 1. The number of nitrogens with one attached hydrogen (secondary N) is 1. The van der Waals surface area contributed by atoms with E-state index in [2.05, 4.69) is 5.32 Å². The molecule has 0 bridgehead atoms. The minimum Gasteiger partial charge on any atom is -0.480 e. The molecule has 0 spiro atoms. The lowest BCUT2D eigenvalue weighted by molar-refractivity contribution is -0.134. The zero-order valence-electron chi connectivity index (χ0n) is 7.53. The number of hydrogen-bond acceptors (Lipinski definition) is 4. The summed E-state index contributed by atoms with van der Waals surface area (Å²) in [6.07, 6.45) is -0.418. The van der Waals surface area contributed by atoms with Crippen molar-refractivity contribution in [1.29, 1.82) is 0 Å². The molecule has 1 atom stereocenters. The van der Waals surface area contributed by atoms with Crippen molar-refractivity contribution in [3.63, 3.8) is 0 Å². The van der Waals surface area contributed by atoms with Gasteiger partial charge < -0.3 is 20.9 Å². The number of halogens is 1. The fraction of sp³-hybridized carbons (Fsp3) is 0.714. The Hall–Kier alpha value is -0.850. The number of hydrogen-bond donors (Lipinski definition) is 3. The third-order valence-electron chi connectivity index (χ3n) is 1.36. The van der Waals surface area contributed by atoms with E-state index in [9.17, 15) is 9.59 Å². The SMILES string of the molecule is NC(=O)C1CNCCO1.O=C(O)CCl. The molecule has 0 saturated carbocycles. The van der Waals surface area contributed by atoms with Crippen LogP contribution in [-0.2, 0) is 14.3 Å². The lowest BCUT2D eigenvalue weighted by Crippen LogP contribution is -2.45. The van der Waals surface area contributed by atoms with Gasteiger partial charge in [-0.05, 0) is 0 Å². The average molecular weight is 225 g/mol. The zero-order chi connectivity index (χ0) is 11.0. The Bertz CT molecular complexity index is 194. The van der Waals surface area contributed by atoms with Crippen LogP contribution in [0, 0.1) is 0 Å². The summed E-state index contributed by atoms with van der Waals surface area (Å²) in [5, 5.41) is 10.6. The minimum absolute atomic E-state index is 0.306. The number of carbonyl (C=O) groups excluding carboxylic acids is 1. The van der Waals surface area contributed by atoms with Crippen molar-refractivity contribution in [3.8, 4) is 0 Å². The highest BCUT2D eigenvalue weighted by Gasteiger charge is 2.17. The van der Waals surface area contributed by atoms with Crippen molar-refractivity contribution in [3.05, 3.63) is 0 Å². The maximum atomic E-state index is 10.4. The highest BCUT2D eigenvalue weighted by Crippen LogP contribution is 1.92. The predicted octanol–water partition coefficient (Wildman–Crippen LogP) is -1.23. The number of carboxylic acids is 1. The van der Waals surface area contributed by atoms with Crippen molar-refractivity contribution in [2.45, 2.75) is 6.10 Å². The molecule has 0 aromatic heterocycles. The van der Waals surface area contributed by atoms with Gasteiger partial charge in [-0.25, -0.2) is 0 Å². The van der Waals surface area contributed by atoms with E-state index in [1.807, 2.05) is 0 Å². The van der Waals surface area contributed by atoms with Crippen molar-refractivity contribution in [2.24, 2.45) is 5.73 Å². The van der Waals surface area contributed by atoms with E-state index in [0.717, 1.165) is 6.54 Å². The van der Waals surface area contributed by atoms with Crippen molar-refractivity contribution in [1.82, 2.24) is 5.32 Å². The van der Waals surface area contributed by atoms with Gasteiger partial charge in [0.05, 0.1) is 6.61 Å². The lowest BCUT2D eigenvalue weighted by Gasteiger charge is -2.20. The maximum absolute atomic E-state index is 10.4. The first kappa shape index (κ1) is 13.2. The van der Waals surface area contributed by atoms with Gasteiger partial charge in [0.2, 0.25) is 5.91 Å². The number of carbonyl (C=O) groups is 2. The summed E-state index contributed by atoms with van der Waals surface area (Å²) in [5.74, 6) is -1.67. The Kier molecular flexibility index (Phi) is 7.09. The van der Waals surface area contributed by atoms with Crippen molar-refractivity contribution in [2.75, 3.05) is 25.6 Å². The first-order valence-electron chi connectivity index (χ1n) is 3.97. The Labute approximate surface area is 86.4 Å². The molecule has 1 aliphatic heterocycles. The van der Waals surface area contributed by atoms with Gasteiger partial charge in [0, 0.05) is 13.1 Å². The topological polar surface area (TPSA) is 102 Å². The van der Waals surface area contributed by atoms with Crippen LogP contribution < -0.4 is 11.1 Å². The van der Waals surface area contributed by atoms with Gasteiger partial charge in [0.25, 0.3) is 0 Å². The molecule has 1 amide bonds. The molecule has 14 heavy (non-hydrogen) atoms. The fourth-order valence-corrected chi connectivity index (χ4v) is 0.748. The molecule has 0 aromatic carbocycles. The van der Waals surface area contributed by atoms with Crippen LogP contribution >= 0.6 is 11.6 Å². The van der Waals surface area contributed by atoms with Gasteiger partial charge in [0.1, 0.15) is 12.0 Å². The van der Waals surface area contributed by atoms with E-state index in [0.29, 0.717) is 13.2 Å². The van der Waals surface area contributed by atoms with E-state index in [1.54, 1.807) is 0 Å². The predicted molar refractivity (Wildman–Crippen MR) is 50.2 cm³/mol. The molecule has 0 aliphatic carbocycles. The molecule has 4 N–H and O–H groups in total. The fourth-order valence-electron chi connectivity index (χ4n) is 0.748. The normalized spacial score (nSPS) is 20.5. The van der Waals surface area contributed by atoms with Crippen LogP contribution in [0.15, 0.2) is 0 Å². The summed E-state index contributed by atoms with van der Waals surface area (Å²) in [4.78, 5) is 19.6. The van der Waals surface area contributed by atoms with Gasteiger partial charge in [0.15, 0.2) is 0 Å². The molecule has 6 nitrogen and oxygen atoms in total. The standard InChI is InChI=1S/C5H10N2O2.C2H3ClO2/c6-5(8)4-3-7-1-2-9-4;3-1-2(4)5/h4,7H,1-3H2,(H2,6,8);1H2,(H,4,5). The second-order valence-corrected chi connectivity index (χ2v) is 2.76. The van der Waals surface area contributed by atoms with E-state index in [4.69, 9.17) is 27.2 Å². The number of rotatable bonds is 2. The van der Waals surface area contributed by atoms with Crippen molar-refractivity contribution >= 4 is 23.5 Å². The Morgan fingerprint density at radius 3 is 2.43 bits per heavy atom. The summed E-state index contributed by atoms with van der Waals surface area (Å²) in [7, 11) is 0. The first-order chi connectivity index (χ1) is 6.57. The smallest absolute Gasteiger partial charge is 0.318 e. The van der Waals surface area contributed by atoms with Gasteiger partial charge in [-0.15, -0.1) is 11.6 Å². The zero-order valence-corrected chi connectivity index (χ0v) is 8.29. The van der Waals surface area contributed by atoms with Crippen LogP contribution in [0.1, 0.15) is 0 Å². The lowest BCUT2D eigenvalue weighted by atomic mass is 10.3. The Balaban J connectivity index is 0.000000292. The van der Waals surface area contributed by atoms with Crippen LogP contribution in [-0.4, -0.2) is 48.7 Å². The van der Waals surface area contributed by atoms with Crippen LogP contribution in [0.3, 0.4) is 0 Å². The van der Waals surface area contributed by atoms with Gasteiger partial charge >= 0.3 is 5.97 Å². The summed E-state index contributed by atoms with van der Waals surface area (Å²) < 4.78 is 5.00. The van der Waals surface area contributed by atoms with Gasteiger partial charge in [-0.2, -0.15) is 0 Å². The van der Waals surface area contributed by atoms with Crippen LogP contribution in [0.2, 0.25) is 0 Å². The monoisotopic (exact) mass is 224 g/mol. The molecular weight excluding hydrogens is 212 g/mol. The van der Waals surface area contributed by atoms with Crippen LogP contribution in [0.5, 0.6) is 0 Å². The van der Waals surface area contributed by atoms with Crippen molar-refractivity contribution < 1.29 is 19.4 Å². The number of aliphatic carboxylic acids is 1. The number of alkyl halides is 1. The minimum atomic E-state index is -0.980. The third-order valence-corrected chi connectivity index (χ3v) is 1.59. The molecule has 0 radical (unpaired) electrons. The molecule has 1 heterocycles. The van der Waals surface area contributed by atoms with E-state index in [-0.39, 0.29) is 11.8 Å². The first-order valence-corrected chi connectivity index (χ1v) is 4.50. The quantitative estimate of drug-likeness (QED) is 0.510. The number of nitrogens with two attached hydrogens (primary N) is 1. The molecule has 1 fully saturated rings. The van der Waals surface area contributed by atoms with E-state index in [1.165, 1.54) is 0 Å². The molecule has 0 aromatic rings. The number of carboxylic acid groups (broad SMARTS) is 1. The molecule has 82 valence electrons. The Morgan fingerprint density at radius 1 is 1.64 bits per heavy atom. The van der Waals surface area contributed by atoms with Gasteiger partial charge in [-0.3, -0.25) is 9.59 Å². The van der Waals surface area contributed by atoms with E-state index >= 15 is 0 Å². The molecule has 1 aliphatic rings. The second kappa shape index (κ2) is 7.54. The average Bonchev–Trinajstić information content (AvgIpc) is 2.20. The summed E-state index contributed by atoms with van der Waals surface area (Å²) in [6.45, 7) is 1.94. The number of amides is 1. The number of ether oxygens (including phenoxy) is 1. The Morgan fingerprint density at radius 2 is 2.21 bits per heavy atom. The molecular formula is C7H13ClN2O4. The van der Waals surface area contributed by atoms with Gasteiger partial charge in [-0.1, -0.05) is 0 Å². The molecule has 1 rings (SSSR count). The van der Waals surface area contributed by atoms with Crippen LogP contribution in [0.25, 0.3) is 0 Å². The number of primary amides is 1. The van der Waals surface area contributed by atoms with Crippen LogP contribution in [0.4, 0.5) is 0 Å². The molecule has 1 saturated heterocycles. The maximum Gasteiger partial charge on any atom is 0.318 e. The summed E-state index contributed by atoms with van der Waals surface area (Å²) in [6, 6.07) is 0. The molecule has 7 heteroatoms. The molecule has 1 unspecified atom stereocenters.